The molecule has 0 fully saturated rings. The summed E-state index contributed by atoms with van der Waals surface area (Å²) in [5, 5.41) is 3.71. The van der Waals surface area contributed by atoms with Crippen LogP contribution in [0.25, 0.3) is 0 Å². The molecule has 0 unspecified atom stereocenters. The first-order valence-corrected chi connectivity index (χ1v) is 10.4. The third-order valence-corrected chi connectivity index (χ3v) is 5.02. The largest absolute Gasteiger partial charge is 0.308 e. The molecule has 0 amide bonds. The summed E-state index contributed by atoms with van der Waals surface area (Å²) in [6, 6.07) is 10.7. The molecule has 24 heavy (non-hydrogen) atoms. The highest BCUT2D eigenvalue weighted by Crippen LogP contribution is 2.17. The van der Waals surface area contributed by atoms with Crippen LogP contribution < -0.4 is 5.32 Å². The molecule has 138 valence electrons. The Morgan fingerprint density at radius 2 is 1.21 bits per heavy atom. The molecule has 0 saturated carbocycles. The number of nitrogens with one attached hydrogen (secondary N) is 1. The van der Waals surface area contributed by atoms with E-state index in [0.29, 0.717) is 0 Å². The first-order chi connectivity index (χ1) is 11.6. The predicted octanol–water partition coefficient (Wildman–Crippen LogP) is 7.26. The van der Waals surface area contributed by atoms with Crippen molar-refractivity contribution in [3.05, 3.63) is 35.9 Å². The summed E-state index contributed by atoms with van der Waals surface area (Å²) in [6.07, 6.45) is 16.9. The van der Waals surface area contributed by atoms with Gasteiger partial charge in [-0.15, -0.1) is 0 Å². The normalized spacial score (nSPS) is 11.8. The van der Waals surface area contributed by atoms with Crippen molar-refractivity contribution in [2.24, 2.45) is 0 Å². The molecule has 1 nitrogen and oxygen atoms in total. The smallest absolute Gasteiger partial charge is 0.0210 e. The monoisotopic (exact) mass is 331 g/mol. The van der Waals surface area contributed by atoms with Gasteiger partial charge in [-0.1, -0.05) is 108 Å². The van der Waals surface area contributed by atoms with Crippen molar-refractivity contribution >= 4 is 0 Å². The van der Waals surface area contributed by atoms with Gasteiger partial charge in [0.05, 0.1) is 0 Å². The van der Waals surface area contributed by atoms with E-state index in [0.717, 1.165) is 6.54 Å². The Hall–Kier alpha value is -0.820. The van der Waals surface area contributed by atoms with Crippen LogP contribution in [0.5, 0.6) is 0 Å². The molecular weight excluding hydrogens is 290 g/mol. The quantitative estimate of drug-likeness (QED) is 0.333. The molecule has 0 saturated heterocycles. The highest BCUT2D eigenvalue weighted by Gasteiger charge is 2.15. The van der Waals surface area contributed by atoms with Gasteiger partial charge in [0.15, 0.2) is 0 Å². The maximum absolute atomic E-state index is 3.71. The molecule has 0 aromatic heterocycles. The molecule has 1 heteroatoms. The van der Waals surface area contributed by atoms with Gasteiger partial charge in [-0.25, -0.2) is 0 Å². The van der Waals surface area contributed by atoms with Gasteiger partial charge in [-0.3, -0.25) is 0 Å². The minimum Gasteiger partial charge on any atom is -0.308 e. The average molecular weight is 332 g/mol. The van der Waals surface area contributed by atoms with E-state index in [4.69, 9.17) is 0 Å². The second kappa shape index (κ2) is 13.5. The average Bonchev–Trinajstić information content (AvgIpc) is 2.59. The van der Waals surface area contributed by atoms with Gasteiger partial charge in [0.2, 0.25) is 0 Å². The zero-order valence-electron chi connectivity index (χ0n) is 16.6. The third kappa shape index (κ3) is 11.7. The lowest BCUT2D eigenvalue weighted by Crippen LogP contribution is -2.38. The first kappa shape index (κ1) is 21.2. The van der Waals surface area contributed by atoms with Gasteiger partial charge in [0, 0.05) is 12.1 Å². The lowest BCUT2D eigenvalue weighted by molar-refractivity contribution is 0.344. The van der Waals surface area contributed by atoms with E-state index in [1.807, 2.05) is 0 Å². The van der Waals surface area contributed by atoms with Gasteiger partial charge >= 0.3 is 0 Å². The Bertz CT molecular complexity index is 382. The van der Waals surface area contributed by atoms with Crippen molar-refractivity contribution < 1.29 is 0 Å². The van der Waals surface area contributed by atoms with Crippen LogP contribution in [0.15, 0.2) is 30.3 Å². The zero-order valence-corrected chi connectivity index (χ0v) is 16.6. The fourth-order valence-electron chi connectivity index (χ4n) is 3.26. The van der Waals surface area contributed by atoms with Gasteiger partial charge in [0.1, 0.15) is 0 Å². The molecule has 0 radical (unpaired) electrons. The molecule has 0 heterocycles. The van der Waals surface area contributed by atoms with Gasteiger partial charge in [0.25, 0.3) is 0 Å². The molecule has 0 aliphatic rings. The van der Waals surface area contributed by atoms with Crippen LogP contribution in [0.3, 0.4) is 0 Å². The van der Waals surface area contributed by atoms with Gasteiger partial charge < -0.3 is 5.32 Å². The van der Waals surface area contributed by atoms with E-state index >= 15 is 0 Å². The Morgan fingerprint density at radius 1 is 0.708 bits per heavy atom. The van der Waals surface area contributed by atoms with Crippen LogP contribution in [-0.4, -0.2) is 5.54 Å². The summed E-state index contributed by atoms with van der Waals surface area (Å²) >= 11 is 0. The van der Waals surface area contributed by atoms with E-state index in [1.54, 1.807) is 0 Å². The number of benzene rings is 1. The van der Waals surface area contributed by atoms with Crippen molar-refractivity contribution in [3.8, 4) is 0 Å². The van der Waals surface area contributed by atoms with Crippen LogP contribution in [0.1, 0.15) is 103 Å². The van der Waals surface area contributed by atoms with Crippen molar-refractivity contribution in [2.45, 2.75) is 110 Å². The Balaban J connectivity index is 1.94. The molecule has 0 bridgehead atoms. The highest BCUT2D eigenvalue weighted by molar-refractivity contribution is 5.14. The number of unbranched alkanes of at least 4 members (excludes halogenated alkanes) is 10. The molecular formula is C23H41N. The minimum atomic E-state index is 0.245. The Morgan fingerprint density at radius 3 is 1.75 bits per heavy atom. The number of hydrogen-bond acceptors (Lipinski definition) is 1. The second-order valence-electron chi connectivity index (χ2n) is 8.01. The number of rotatable bonds is 15. The lowest BCUT2D eigenvalue weighted by atomic mass is 9.95. The zero-order chi connectivity index (χ0) is 17.5. The van der Waals surface area contributed by atoms with Gasteiger partial charge in [-0.05, 0) is 25.8 Å². The van der Waals surface area contributed by atoms with Crippen LogP contribution in [0.2, 0.25) is 0 Å². The molecule has 0 atom stereocenters. The molecule has 1 aromatic carbocycles. The van der Waals surface area contributed by atoms with Crippen molar-refractivity contribution in [2.75, 3.05) is 0 Å². The fraction of sp³-hybridized carbons (Fsp3) is 0.739. The molecule has 0 aliphatic carbocycles. The van der Waals surface area contributed by atoms with E-state index in [9.17, 15) is 0 Å². The van der Waals surface area contributed by atoms with Crippen LogP contribution in [-0.2, 0) is 6.54 Å². The van der Waals surface area contributed by atoms with E-state index in [2.05, 4.69) is 56.4 Å². The summed E-state index contributed by atoms with van der Waals surface area (Å²) in [6.45, 7) is 7.95. The highest BCUT2D eigenvalue weighted by atomic mass is 14.9. The minimum absolute atomic E-state index is 0.245. The molecule has 1 aromatic rings. The Kier molecular flexibility index (Phi) is 11.9. The first-order valence-electron chi connectivity index (χ1n) is 10.4. The van der Waals surface area contributed by atoms with Crippen LogP contribution in [0.4, 0.5) is 0 Å². The van der Waals surface area contributed by atoms with E-state index < -0.39 is 0 Å². The predicted molar refractivity (Wildman–Crippen MR) is 108 cm³/mol. The molecule has 1 N–H and O–H groups in total. The van der Waals surface area contributed by atoms with Crippen molar-refractivity contribution in [1.29, 1.82) is 0 Å². The van der Waals surface area contributed by atoms with Gasteiger partial charge in [-0.2, -0.15) is 0 Å². The third-order valence-electron chi connectivity index (χ3n) is 5.02. The van der Waals surface area contributed by atoms with E-state index in [-0.39, 0.29) is 5.54 Å². The van der Waals surface area contributed by atoms with Crippen molar-refractivity contribution in [3.63, 3.8) is 0 Å². The topological polar surface area (TPSA) is 12.0 Å². The summed E-state index contributed by atoms with van der Waals surface area (Å²) in [5.74, 6) is 0. The van der Waals surface area contributed by atoms with Crippen molar-refractivity contribution in [1.82, 2.24) is 5.32 Å². The standard InChI is InChI=1S/C23H41N/c1-4-5-6-7-8-9-10-11-12-13-17-20-23(2,3)24-21-22-18-15-14-16-19-22/h14-16,18-19,24H,4-13,17,20-21H2,1-3H3. The Labute approximate surface area is 151 Å². The number of hydrogen-bond donors (Lipinski definition) is 1. The fourth-order valence-corrected chi connectivity index (χ4v) is 3.26. The molecule has 0 aliphatic heterocycles. The summed E-state index contributed by atoms with van der Waals surface area (Å²) in [5.41, 5.74) is 1.62. The maximum Gasteiger partial charge on any atom is 0.0210 e. The summed E-state index contributed by atoms with van der Waals surface area (Å²) < 4.78 is 0. The van der Waals surface area contributed by atoms with Crippen LogP contribution >= 0.6 is 0 Å². The lowest BCUT2D eigenvalue weighted by Gasteiger charge is -2.26. The summed E-state index contributed by atoms with van der Waals surface area (Å²) in [7, 11) is 0. The summed E-state index contributed by atoms with van der Waals surface area (Å²) in [4.78, 5) is 0. The molecule has 0 spiro atoms. The SMILES string of the molecule is CCCCCCCCCCCCCC(C)(C)NCc1ccccc1. The second-order valence-corrected chi connectivity index (χ2v) is 8.01. The maximum atomic E-state index is 3.71. The van der Waals surface area contributed by atoms with Crippen LogP contribution in [0, 0.1) is 0 Å². The van der Waals surface area contributed by atoms with E-state index in [1.165, 1.54) is 82.6 Å². The molecule has 1 rings (SSSR count).